The number of esters is 1. The standard InChI is InChI=1S/C19H21NO5/c1-23-15-7-6-13-4-3-5-14(16(13)11-15)10-18(21)20-8-9-25-17(12-20)19(22)24-2/h3-7,11,17H,8-10,12H2,1-2H3. The van der Waals surface area contributed by atoms with Gasteiger partial charge >= 0.3 is 5.97 Å². The van der Waals surface area contributed by atoms with Crippen molar-refractivity contribution in [2.24, 2.45) is 0 Å². The second-order valence-corrected chi connectivity index (χ2v) is 5.90. The van der Waals surface area contributed by atoms with Crippen molar-refractivity contribution >= 4 is 22.6 Å². The molecule has 0 aliphatic carbocycles. The van der Waals surface area contributed by atoms with Crippen LogP contribution in [0.15, 0.2) is 36.4 Å². The summed E-state index contributed by atoms with van der Waals surface area (Å²) in [5.41, 5.74) is 0.933. The molecule has 1 saturated heterocycles. The van der Waals surface area contributed by atoms with E-state index in [4.69, 9.17) is 14.2 Å². The van der Waals surface area contributed by atoms with Gasteiger partial charge < -0.3 is 19.1 Å². The minimum Gasteiger partial charge on any atom is -0.497 e. The first-order valence-electron chi connectivity index (χ1n) is 8.15. The number of hydrogen-bond acceptors (Lipinski definition) is 5. The largest absolute Gasteiger partial charge is 0.497 e. The minimum atomic E-state index is -0.713. The first-order valence-corrected chi connectivity index (χ1v) is 8.15. The van der Waals surface area contributed by atoms with Gasteiger partial charge in [0.05, 0.1) is 33.8 Å². The summed E-state index contributed by atoms with van der Waals surface area (Å²) in [7, 11) is 2.94. The van der Waals surface area contributed by atoms with E-state index in [1.807, 2.05) is 36.4 Å². The van der Waals surface area contributed by atoms with Gasteiger partial charge in [0.1, 0.15) is 5.75 Å². The lowest BCUT2D eigenvalue weighted by Gasteiger charge is -2.31. The molecule has 1 aliphatic heterocycles. The van der Waals surface area contributed by atoms with E-state index in [1.165, 1.54) is 7.11 Å². The zero-order chi connectivity index (χ0) is 17.8. The number of fused-ring (bicyclic) bond motifs is 1. The Morgan fingerprint density at radius 3 is 2.84 bits per heavy atom. The van der Waals surface area contributed by atoms with E-state index in [2.05, 4.69) is 0 Å². The Morgan fingerprint density at radius 2 is 2.08 bits per heavy atom. The predicted octanol–water partition coefficient (Wildman–Crippen LogP) is 1.79. The molecule has 1 fully saturated rings. The van der Waals surface area contributed by atoms with Crippen LogP contribution in [0.2, 0.25) is 0 Å². The Labute approximate surface area is 146 Å². The Balaban J connectivity index is 1.78. The average Bonchev–Trinajstić information content (AvgIpc) is 2.67. The molecule has 2 aromatic carbocycles. The molecule has 1 unspecified atom stereocenters. The highest BCUT2D eigenvalue weighted by Crippen LogP contribution is 2.25. The second kappa shape index (κ2) is 7.53. The molecular weight excluding hydrogens is 322 g/mol. The van der Waals surface area contributed by atoms with Crippen molar-refractivity contribution in [3.8, 4) is 5.75 Å². The molecule has 0 radical (unpaired) electrons. The van der Waals surface area contributed by atoms with E-state index in [-0.39, 0.29) is 18.9 Å². The van der Waals surface area contributed by atoms with Crippen LogP contribution >= 0.6 is 0 Å². The zero-order valence-electron chi connectivity index (χ0n) is 14.4. The third-order valence-corrected chi connectivity index (χ3v) is 4.40. The highest BCUT2D eigenvalue weighted by atomic mass is 16.6. The van der Waals surface area contributed by atoms with Crippen LogP contribution < -0.4 is 4.74 Å². The number of carbonyl (C=O) groups is 2. The van der Waals surface area contributed by atoms with E-state index >= 15 is 0 Å². The van der Waals surface area contributed by atoms with Crippen LogP contribution in [0.3, 0.4) is 0 Å². The lowest BCUT2D eigenvalue weighted by Crippen LogP contribution is -2.49. The van der Waals surface area contributed by atoms with Gasteiger partial charge in [-0.05, 0) is 28.5 Å². The van der Waals surface area contributed by atoms with Gasteiger partial charge in [-0.3, -0.25) is 4.79 Å². The quantitative estimate of drug-likeness (QED) is 0.792. The van der Waals surface area contributed by atoms with Crippen molar-refractivity contribution in [3.05, 3.63) is 42.0 Å². The number of ether oxygens (including phenoxy) is 3. The number of morpholine rings is 1. The van der Waals surface area contributed by atoms with Gasteiger partial charge in [-0.25, -0.2) is 4.79 Å². The van der Waals surface area contributed by atoms with E-state index in [0.29, 0.717) is 13.2 Å². The molecule has 6 heteroatoms. The summed E-state index contributed by atoms with van der Waals surface area (Å²) < 4.78 is 15.4. The van der Waals surface area contributed by atoms with E-state index in [1.54, 1.807) is 12.0 Å². The number of nitrogens with zero attached hydrogens (tertiary/aromatic N) is 1. The number of carbonyl (C=O) groups excluding carboxylic acids is 2. The smallest absolute Gasteiger partial charge is 0.336 e. The Kier molecular flexibility index (Phi) is 5.19. The highest BCUT2D eigenvalue weighted by molar-refractivity contribution is 5.91. The maximum Gasteiger partial charge on any atom is 0.336 e. The summed E-state index contributed by atoms with van der Waals surface area (Å²) >= 11 is 0. The fraction of sp³-hybridized carbons (Fsp3) is 0.368. The zero-order valence-corrected chi connectivity index (χ0v) is 14.4. The lowest BCUT2D eigenvalue weighted by molar-refractivity contribution is -0.162. The van der Waals surface area contributed by atoms with Crippen molar-refractivity contribution < 1.29 is 23.8 Å². The van der Waals surface area contributed by atoms with Crippen molar-refractivity contribution in [3.63, 3.8) is 0 Å². The molecule has 0 saturated carbocycles. The molecule has 1 heterocycles. The highest BCUT2D eigenvalue weighted by Gasteiger charge is 2.29. The molecule has 0 N–H and O–H groups in total. The van der Waals surface area contributed by atoms with Crippen LogP contribution in [0.1, 0.15) is 5.56 Å². The first-order chi connectivity index (χ1) is 12.1. The molecule has 0 aromatic heterocycles. The van der Waals surface area contributed by atoms with Gasteiger partial charge in [-0.1, -0.05) is 24.3 Å². The topological polar surface area (TPSA) is 65.1 Å². The fourth-order valence-electron chi connectivity index (χ4n) is 3.02. The monoisotopic (exact) mass is 343 g/mol. The SMILES string of the molecule is COC(=O)C1CN(C(=O)Cc2cccc3ccc(OC)cc23)CCO1. The molecule has 132 valence electrons. The second-order valence-electron chi connectivity index (χ2n) is 5.90. The summed E-state index contributed by atoms with van der Waals surface area (Å²) in [6, 6.07) is 11.7. The molecule has 1 atom stereocenters. The summed E-state index contributed by atoms with van der Waals surface area (Å²) in [6.07, 6.45) is -0.450. The molecule has 1 aliphatic rings. The molecular formula is C19H21NO5. The van der Waals surface area contributed by atoms with Crippen molar-refractivity contribution in [1.29, 1.82) is 0 Å². The summed E-state index contributed by atoms with van der Waals surface area (Å²) in [5, 5.41) is 2.05. The molecule has 25 heavy (non-hydrogen) atoms. The first kappa shape index (κ1) is 17.2. The van der Waals surface area contributed by atoms with E-state index in [9.17, 15) is 9.59 Å². The Morgan fingerprint density at radius 1 is 1.24 bits per heavy atom. The Hall–Kier alpha value is -2.60. The van der Waals surface area contributed by atoms with E-state index in [0.717, 1.165) is 22.1 Å². The van der Waals surface area contributed by atoms with Gasteiger partial charge in [0.2, 0.25) is 5.91 Å². The van der Waals surface area contributed by atoms with Gasteiger partial charge in [-0.2, -0.15) is 0 Å². The summed E-state index contributed by atoms with van der Waals surface area (Å²) in [4.78, 5) is 26.0. The maximum atomic E-state index is 12.7. The van der Waals surface area contributed by atoms with Crippen LogP contribution in [0, 0.1) is 0 Å². The van der Waals surface area contributed by atoms with Gasteiger partial charge in [0.25, 0.3) is 0 Å². The molecule has 2 aromatic rings. The van der Waals surface area contributed by atoms with Gasteiger partial charge in [-0.15, -0.1) is 0 Å². The number of benzene rings is 2. The molecule has 3 rings (SSSR count). The molecule has 1 amide bonds. The van der Waals surface area contributed by atoms with Crippen LogP contribution in [-0.4, -0.2) is 56.8 Å². The van der Waals surface area contributed by atoms with E-state index < -0.39 is 12.1 Å². The summed E-state index contributed by atoms with van der Waals surface area (Å²) in [5.74, 6) is 0.268. The fourth-order valence-corrected chi connectivity index (χ4v) is 3.02. The lowest BCUT2D eigenvalue weighted by atomic mass is 10.0. The third-order valence-electron chi connectivity index (χ3n) is 4.40. The van der Waals surface area contributed by atoms with Gasteiger partial charge in [0.15, 0.2) is 6.10 Å². The average molecular weight is 343 g/mol. The van der Waals surface area contributed by atoms with Gasteiger partial charge in [0, 0.05) is 6.54 Å². The third kappa shape index (κ3) is 3.74. The summed E-state index contributed by atoms with van der Waals surface area (Å²) in [6.45, 7) is 1.02. The Bertz CT molecular complexity index is 788. The van der Waals surface area contributed by atoms with Crippen LogP contribution in [0.5, 0.6) is 5.75 Å². The number of hydrogen-bond donors (Lipinski definition) is 0. The number of rotatable bonds is 4. The van der Waals surface area contributed by atoms with Crippen molar-refractivity contribution in [2.75, 3.05) is 33.9 Å². The number of amides is 1. The van der Waals surface area contributed by atoms with Crippen molar-refractivity contribution in [2.45, 2.75) is 12.5 Å². The molecule has 6 nitrogen and oxygen atoms in total. The molecule has 0 bridgehead atoms. The number of methoxy groups -OCH3 is 2. The predicted molar refractivity (Wildman–Crippen MR) is 92.5 cm³/mol. The van der Waals surface area contributed by atoms with Crippen LogP contribution in [0.4, 0.5) is 0 Å². The minimum absolute atomic E-state index is 0.0347. The normalized spacial score (nSPS) is 17.4. The van der Waals surface area contributed by atoms with Crippen molar-refractivity contribution in [1.82, 2.24) is 4.90 Å². The van der Waals surface area contributed by atoms with Crippen LogP contribution in [-0.2, 0) is 25.5 Å². The maximum absolute atomic E-state index is 12.7. The van der Waals surface area contributed by atoms with Crippen LogP contribution in [0.25, 0.3) is 10.8 Å². The molecule has 0 spiro atoms.